The summed E-state index contributed by atoms with van der Waals surface area (Å²) in [4.78, 5) is 40.4. The van der Waals surface area contributed by atoms with Crippen molar-refractivity contribution in [3.05, 3.63) is 120 Å². The number of ether oxygens (including phenoxy) is 2. The van der Waals surface area contributed by atoms with Gasteiger partial charge < -0.3 is 25.4 Å². The molecule has 0 spiro atoms. The topological polar surface area (TPSA) is 106 Å². The lowest BCUT2D eigenvalue weighted by Crippen LogP contribution is -2.30. The third-order valence-electron chi connectivity index (χ3n) is 6.43. The average Bonchev–Trinajstić information content (AvgIpc) is 3.05. The molecule has 4 aromatic carbocycles. The first kappa shape index (κ1) is 31.9. The van der Waals surface area contributed by atoms with Gasteiger partial charge in [-0.25, -0.2) is 0 Å². The van der Waals surface area contributed by atoms with Gasteiger partial charge in [-0.1, -0.05) is 55.5 Å². The third kappa shape index (κ3) is 8.99. The van der Waals surface area contributed by atoms with Crippen molar-refractivity contribution >= 4 is 46.9 Å². The molecular weight excluding hydrogens is 574 g/mol. The molecule has 9 heteroatoms. The zero-order chi connectivity index (χ0) is 31.3. The van der Waals surface area contributed by atoms with Gasteiger partial charge in [-0.3, -0.25) is 14.4 Å². The summed E-state index contributed by atoms with van der Waals surface area (Å²) >= 11 is 1.40. The predicted molar refractivity (Wildman–Crippen MR) is 176 cm³/mol. The maximum atomic E-state index is 13.5. The standard InChI is InChI=1S/C35H35N3O5S/c1-4-32(35(41)37-29-16-9-10-17-31(29)43-5-2)44-28-15-11-14-26(23-28)36-34(40)30(22-24-18-20-27(42-3)21-19-24)38-33(39)25-12-7-6-8-13-25/h6-23,32H,4-5H2,1-3H3,(H,36,40)(H,37,41)(H,38,39)/b30-22+. The summed E-state index contributed by atoms with van der Waals surface area (Å²) in [6.07, 6.45) is 2.19. The Hall–Kier alpha value is -5.02. The number of carbonyl (C=O) groups is 3. The van der Waals surface area contributed by atoms with E-state index in [9.17, 15) is 14.4 Å². The van der Waals surface area contributed by atoms with Gasteiger partial charge in [0.25, 0.3) is 11.8 Å². The molecule has 0 fully saturated rings. The Morgan fingerprint density at radius 1 is 0.841 bits per heavy atom. The SMILES string of the molecule is CCOc1ccccc1NC(=O)C(CC)Sc1cccc(NC(=O)/C(=C\c2ccc(OC)cc2)NC(=O)c2ccccc2)c1. The van der Waals surface area contributed by atoms with Crippen molar-refractivity contribution in [3.8, 4) is 11.5 Å². The lowest BCUT2D eigenvalue weighted by Gasteiger charge is -2.17. The predicted octanol–water partition coefficient (Wildman–Crippen LogP) is 7.01. The number of methoxy groups -OCH3 is 1. The van der Waals surface area contributed by atoms with Gasteiger partial charge in [0.05, 0.1) is 24.7 Å². The summed E-state index contributed by atoms with van der Waals surface area (Å²) in [5.74, 6) is 0.239. The summed E-state index contributed by atoms with van der Waals surface area (Å²) < 4.78 is 10.9. The molecule has 44 heavy (non-hydrogen) atoms. The fourth-order valence-corrected chi connectivity index (χ4v) is 5.22. The van der Waals surface area contributed by atoms with E-state index in [1.54, 1.807) is 73.8 Å². The zero-order valence-electron chi connectivity index (χ0n) is 24.8. The van der Waals surface area contributed by atoms with Crippen LogP contribution in [-0.2, 0) is 9.59 Å². The van der Waals surface area contributed by atoms with E-state index in [1.807, 2.05) is 56.3 Å². The first-order valence-corrected chi connectivity index (χ1v) is 15.1. The molecule has 0 radical (unpaired) electrons. The molecule has 8 nitrogen and oxygen atoms in total. The van der Waals surface area contributed by atoms with Crippen LogP contribution in [0.4, 0.5) is 11.4 Å². The normalized spacial score (nSPS) is 11.7. The van der Waals surface area contributed by atoms with Crippen LogP contribution in [0.3, 0.4) is 0 Å². The molecule has 0 heterocycles. The van der Waals surface area contributed by atoms with Crippen LogP contribution in [0.15, 0.2) is 114 Å². The Morgan fingerprint density at radius 2 is 1.57 bits per heavy atom. The number of hydrogen-bond donors (Lipinski definition) is 3. The largest absolute Gasteiger partial charge is 0.497 e. The highest BCUT2D eigenvalue weighted by atomic mass is 32.2. The molecule has 4 aromatic rings. The number of benzene rings is 4. The molecule has 0 saturated heterocycles. The van der Waals surface area contributed by atoms with E-state index in [1.165, 1.54) is 11.8 Å². The number of anilines is 2. The van der Waals surface area contributed by atoms with Gasteiger partial charge in [0, 0.05) is 16.1 Å². The second kappa shape index (κ2) is 16.0. The van der Waals surface area contributed by atoms with Gasteiger partial charge in [-0.15, -0.1) is 11.8 Å². The first-order chi connectivity index (χ1) is 21.4. The van der Waals surface area contributed by atoms with Gasteiger partial charge in [0.1, 0.15) is 17.2 Å². The number of amides is 3. The van der Waals surface area contributed by atoms with Crippen LogP contribution in [-0.4, -0.2) is 36.7 Å². The minimum Gasteiger partial charge on any atom is -0.497 e. The van der Waals surface area contributed by atoms with Crippen molar-refractivity contribution in [2.24, 2.45) is 0 Å². The Morgan fingerprint density at radius 3 is 2.27 bits per heavy atom. The highest BCUT2D eigenvalue weighted by Gasteiger charge is 2.20. The molecule has 0 aliphatic carbocycles. The van der Waals surface area contributed by atoms with Gasteiger partial charge in [0.2, 0.25) is 5.91 Å². The zero-order valence-corrected chi connectivity index (χ0v) is 25.6. The highest BCUT2D eigenvalue weighted by molar-refractivity contribution is 8.00. The Bertz CT molecular complexity index is 1610. The molecule has 0 aliphatic rings. The van der Waals surface area contributed by atoms with Crippen LogP contribution in [0.1, 0.15) is 36.2 Å². The maximum absolute atomic E-state index is 13.5. The van der Waals surface area contributed by atoms with Gasteiger partial charge in [-0.05, 0) is 79.6 Å². The van der Waals surface area contributed by atoms with Crippen molar-refractivity contribution in [1.29, 1.82) is 0 Å². The van der Waals surface area contributed by atoms with E-state index in [-0.39, 0.29) is 16.9 Å². The fraction of sp³-hybridized carbons (Fsp3) is 0.171. The molecule has 1 unspecified atom stereocenters. The number of nitrogens with one attached hydrogen (secondary N) is 3. The molecule has 3 amide bonds. The molecule has 3 N–H and O–H groups in total. The Balaban J connectivity index is 1.50. The molecule has 4 rings (SSSR count). The average molecular weight is 610 g/mol. The van der Waals surface area contributed by atoms with E-state index in [0.717, 1.165) is 4.90 Å². The van der Waals surface area contributed by atoms with Crippen molar-refractivity contribution in [3.63, 3.8) is 0 Å². The first-order valence-electron chi connectivity index (χ1n) is 14.2. The van der Waals surface area contributed by atoms with E-state index in [0.29, 0.717) is 47.0 Å². The van der Waals surface area contributed by atoms with E-state index in [2.05, 4.69) is 16.0 Å². The van der Waals surface area contributed by atoms with E-state index >= 15 is 0 Å². The summed E-state index contributed by atoms with van der Waals surface area (Å²) in [6.45, 7) is 4.33. The van der Waals surface area contributed by atoms with Gasteiger partial charge in [0.15, 0.2) is 0 Å². The molecule has 1 atom stereocenters. The molecular formula is C35H35N3O5S. The molecule has 0 aliphatic heterocycles. The van der Waals surface area contributed by atoms with Crippen LogP contribution >= 0.6 is 11.8 Å². The second-order valence-electron chi connectivity index (χ2n) is 9.57. The van der Waals surface area contributed by atoms with Crippen LogP contribution in [0.2, 0.25) is 0 Å². The van der Waals surface area contributed by atoms with Crippen LogP contribution < -0.4 is 25.4 Å². The number of thioether (sulfide) groups is 1. The quantitative estimate of drug-likeness (QED) is 0.111. The van der Waals surface area contributed by atoms with Gasteiger partial charge >= 0.3 is 0 Å². The Kier molecular flexibility index (Phi) is 11.6. The van der Waals surface area contributed by atoms with Crippen LogP contribution in [0.5, 0.6) is 11.5 Å². The van der Waals surface area contributed by atoms with Crippen LogP contribution in [0.25, 0.3) is 6.08 Å². The fourth-order valence-electron chi connectivity index (χ4n) is 4.21. The van der Waals surface area contributed by atoms with Crippen molar-refractivity contribution in [2.45, 2.75) is 30.4 Å². The minimum atomic E-state index is -0.496. The molecule has 0 saturated carbocycles. The highest BCUT2D eigenvalue weighted by Crippen LogP contribution is 2.30. The van der Waals surface area contributed by atoms with Crippen molar-refractivity contribution in [2.75, 3.05) is 24.4 Å². The minimum absolute atomic E-state index is 0.0702. The smallest absolute Gasteiger partial charge is 0.272 e. The van der Waals surface area contributed by atoms with E-state index in [4.69, 9.17) is 9.47 Å². The molecule has 0 aromatic heterocycles. The number of carbonyl (C=O) groups excluding carboxylic acids is 3. The maximum Gasteiger partial charge on any atom is 0.272 e. The Labute approximate surface area is 261 Å². The summed E-state index contributed by atoms with van der Waals surface area (Å²) in [5, 5.41) is 8.23. The monoisotopic (exact) mass is 609 g/mol. The third-order valence-corrected chi connectivity index (χ3v) is 7.79. The second-order valence-corrected chi connectivity index (χ2v) is 10.8. The van der Waals surface area contributed by atoms with Crippen molar-refractivity contribution in [1.82, 2.24) is 5.32 Å². The lowest BCUT2D eigenvalue weighted by molar-refractivity contribution is -0.116. The lowest BCUT2D eigenvalue weighted by atomic mass is 10.1. The number of hydrogen-bond acceptors (Lipinski definition) is 6. The van der Waals surface area contributed by atoms with E-state index < -0.39 is 11.8 Å². The van der Waals surface area contributed by atoms with Crippen LogP contribution in [0, 0.1) is 0 Å². The van der Waals surface area contributed by atoms with Crippen molar-refractivity contribution < 1.29 is 23.9 Å². The number of rotatable bonds is 13. The van der Waals surface area contributed by atoms with Gasteiger partial charge in [-0.2, -0.15) is 0 Å². The summed E-state index contributed by atoms with van der Waals surface area (Å²) in [5.41, 5.74) is 2.34. The summed E-state index contributed by atoms with van der Waals surface area (Å²) in [7, 11) is 1.58. The molecule has 0 bridgehead atoms. The molecule has 226 valence electrons. The summed E-state index contributed by atoms with van der Waals surface area (Å²) in [6, 6.07) is 30.4. The number of para-hydroxylation sites is 2.